The Kier molecular flexibility index (Phi) is 6.43. The minimum atomic E-state index is -3.21. The van der Waals surface area contributed by atoms with E-state index in [4.69, 9.17) is 10.8 Å². The molecule has 10 nitrogen and oxygen atoms in total. The zero-order valence-electron chi connectivity index (χ0n) is 18.4. The van der Waals surface area contributed by atoms with Crippen molar-refractivity contribution in [3.8, 4) is 0 Å². The Balaban J connectivity index is 1.43. The number of carbonyl (C=O) groups excluding carboxylic acids is 1. The standard InChI is InChI=1S/C22H27N7O3S/c1-33(31,32)28-11-9-27(10-12-28)19-7-8-25-20(14-19)22(30)26-17-4-2-3-16(13-17)21(24)29(15-23)18-5-6-18/h2-4,7-8,13-15,18,23-24H,5-6,9-12H2,1H3,(H,26,30). The maximum absolute atomic E-state index is 12.8. The molecule has 0 unspecified atom stereocenters. The second kappa shape index (κ2) is 9.28. The summed E-state index contributed by atoms with van der Waals surface area (Å²) in [6.45, 7) is 1.86. The molecule has 11 heteroatoms. The van der Waals surface area contributed by atoms with Crippen molar-refractivity contribution in [2.45, 2.75) is 18.9 Å². The zero-order chi connectivity index (χ0) is 23.6. The largest absolute Gasteiger partial charge is 0.369 e. The van der Waals surface area contributed by atoms with Crippen LogP contribution in [0.1, 0.15) is 28.9 Å². The topological polar surface area (TPSA) is 134 Å². The number of amides is 1. The molecule has 2 heterocycles. The van der Waals surface area contributed by atoms with Crippen LogP contribution in [0.2, 0.25) is 0 Å². The first-order valence-electron chi connectivity index (χ1n) is 10.7. The Bertz CT molecular complexity index is 1170. The number of anilines is 2. The van der Waals surface area contributed by atoms with Crippen LogP contribution in [0.5, 0.6) is 0 Å². The fourth-order valence-electron chi connectivity index (χ4n) is 3.81. The Morgan fingerprint density at radius 1 is 1.18 bits per heavy atom. The molecule has 1 aliphatic heterocycles. The molecule has 2 aromatic rings. The van der Waals surface area contributed by atoms with Crippen LogP contribution in [-0.2, 0) is 10.0 Å². The average molecular weight is 470 g/mol. The van der Waals surface area contributed by atoms with E-state index < -0.39 is 10.0 Å². The molecule has 1 aromatic carbocycles. The predicted octanol–water partition coefficient (Wildman–Crippen LogP) is 1.81. The van der Waals surface area contributed by atoms with Gasteiger partial charge in [-0.05, 0) is 37.1 Å². The summed E-state index contributed by atoms with van der Waals surface area (Å²) in [5, 5.41) is 18.8. The van der Waals surface area contributed by atoms with Gasteiger partial charge in [-0.25, -0.2) is 8.42 Å². The first-order chi connectivity index (χ1) is 15.8. The summed E-state index contributed by atoms with van der Waals surface area (Å²) in [6, 6.07) is 10.7. The SMILES string of the molecule is CS(=O)(=O)N1CCN(c2ccnc(C(=O)Nc3cccc(C(=N)N(C=N)C4CC4)c3)c2)CC1. The molecule has 3 N–H and O–H groups in total. The Hall–Kier alpha value is -3.31. The van der Waals surface area contributed by atoms with Crippen LogP contribution in [0.4, 0.5) is 11.4 Å². The highest BCUT2D eigenvalue weighted by molar-refractivity contribution is 7.88. The molecule has 0 bridgehead atoms. The molecule has 1 saturated heterocycles. The summed E-state index contributed by atoms with van der Waals surface area (Å²) < 4.78 is 24.9. The van der Waals surface area contributed by atoms with Gasteiger partial charge in [-0.15, -0.1) is 0 Å². The summed E-state index contributed by atoms with van der Waals surface area (Å²) in [6.07, 6.45) is 5.90. The molecule has 4 rings (SSSR count). The highest BCUT2D eigenvalue weighted by Crippen LogP contribution is 2.27. The number of amidine groups is 1. The van der Waals surface area contributed by atoms with Gasteiger partial charge in [0.1, 0.15) is 11.5 Å². The van der Waals surface area contributed by atoms with Gasteiger partial charge in [0, 0.05) is 55.4 Å². The van der Waals surface area contributed by atoms with Crippen LogP contribution >= 0.6 is 0 Å². The van der Waals surface area contributed by atoms with Crippen molar-refractivity contribution >= 4 is 39.5 Å². The van der Waals surface area contributed by atoms with Crippen LogP contribution in [0.15, 0.2) is 42.6 Å². The number of sulfonamides is 1. The molecule has 0 atom stereocenters. The number of rotatable bonds is 7. The van der Waals surface area contributed by atoms with Crippen molar-refractivity contribution in [3.63, 3.8) is 0 Å². The Morgan fingerprint density at radius 2 is 1.91 bits per heavy atom. The van der Waals surface area contributed by atoms with E-state index in [1.807, 2.05) is 4.90 Å². The second-order valence-corrected chi connectivity index (χ2v) is 10.2. The van der Waals surface area contributed by atoms with Crippen molar-refractivity contribution < 1.29 is 13.2 Å². The molecular formula is C22H27N7O3S. The van der Waals surface area contributed by atoms with Gasteiger partial charge in [0.15, 0.2) is 0 Å². The Labute approximate surface area is 193 Å². The predicted molar refractivity (Wildman–Crippen MR) is 128 cm³/mol. The lowest BCUT2D eigenvalue weighted by Crippen LogP contribution is -2.48. The highest BCUT2D eigenvalue weighted by Gasteiger charge is 2.30. The molecule has 2 fully saturated rings. The van der Waals surface area contributed by atoms with E-state index in [0.29, 0.717) is 37.4 Å². The third-order valence-electron chi connectivity index (χ3n) is 5.78. The van der Waals surface area contributed by atoms with Crippen LogP contribution in [0, 0.1) is 10.8 Å². The van der Waals surface area contributed by atoms with Gasteiger partial charge in [-0.3, -0.25) is 20.6 Å². The van der Waals surface area contributed by atoms with Crippen molar-refractivity contribution in [1.82, 2.24) is 14.2 Å². The van der Waals surface area contributed by atoms with Gasteiger partial charge >= 0.3 is 0 Å². The number of hydrogen-bond acceptors (Lipinski definition) is 7. The van der Waals surface area contributed by atoms with Crippen LogP contribution < -0.4 is 10.2 Å². The van der Waals surface area contributed by atoms with Crippen molar-refractivity contribution in [2.24, 2.45) is 0 Å². The fraction of sp³-hybridized carbons (Fsp3) is 0.364. The van der Waals surface area contributed by atoms with Crippen LogP contribution in [0.3, 0.4) is 0 Å². The summed E-state index contributed by atoms with van der Waals surface area (Å²) >= 11 is 0. The number of aromatic nitrogens is 1. The van der Waals surface area contributed by atoms with Crippen molar-refractivity contribution in [1.29, 1.82) is 10.8 Å². The molecule has 33 heavy (non-hydrogen) atoms. The summed E-state index contributed by atoms with van der Waals surface area (Å²) in [5.41, 5.74) is 2.22. The first-order valence-corrected chi connectivity index (χ1v) is 12.6. The van der Waals surface area contributed by atoms with E-state index in [-0.39, 0.29) is 23.5 Å². The molecule has 1 aliphatic carbocycles. The van der Waals surface area contributed by atoms with Crippen molar-refractivity contribution in [3.05, 3.63) is 53.9 Å². The molecule has 1 aromatic heterocycles. The number of piperazine rings is 1. The quantitative estimate of drug-likeness (QED) is 0.418. The second-order valence-electron chi connectivity index (χ2n) is 8.20. The number of nitrogens with zero attached hydrogens (tertiary/aromatic N) is 4. The zero-order valence-corrected chi connectivity index (χ0v) is 19.2. The Morgan fingerprint density at radius 3 is 2.55 bits per heavy atom. The monoisotopic (exact) mass is 469 g/mol. The van der Waals surface area contributed by atoms with E-state index >= 15 is 0 Å². The number of benzene rings is 1. The van der Waals surface area contributed by atoms with Crippen molar-refractivity contribution in [2.75, 3.05) is 42.7 Å². The van der Waals surface area contributed by atoms with E-state index in [0.717, 1.165) is 18.5 Å². The van der Waals surface area contributed by atoms with Crippen LogP contribution in [-0.4, -0.2) is 79.2 Å². The number of carbonyl (C=O) groups is 1. The number of pyridine rings is 1. The van der Waals surface area contributed by atoms with Gasteiger partial charge in [0.2, 0.25) is 10.0 Å². The van der Waals surface area contributed by atoms with E-state index in [9.17, 15) is 13.2 Å². The third-order valence-corrected chi connectivity index (χ3v) is 7.08. The van der Waals surface area contributed by atoms with E-state index in [1.165, 1.54) is 16.9 Å². The fourth-order valence-corrected chi connectivity index (χ4v) is 4.64. The maximum atomic E-state index is 12.8. The molecule has 174 valence electrons. The smallest absolute Gasteiger partial charge is 0.274 e. The van der Waals surface area contributed by atoms with E-state index in [1.54, 1.807) is 47.5 Å². The summed E-state index contributed by atoms with van der Waals surface area (Å²) in [7, 11) is -3.21. The van der Waals surface area contributed by atoms with Gasteiger partial charge < -0.3 is 15.1 Å². The number of nitrogens with one attached hydrogen (secondary N) is 3. The third kappa shape index (κ3) is 5.37. The minimum Gasteiger partial charge on any atom is -0.369 e. The highest BCUT2D eigenvalue weighted by atomic mass is 32.2. The lowest BCUT2D eigenvalue weighted by atomic mass is 10.1. The number of hydrogen-bond donors (Lipinski definition) is 3. The molecule has 0 spiro atoms. The molecule has 0 radical (unpaired) electrons. The molecular weight excluding hydrogens is 442 g/mol. The summed E-state index contributed by atoms with van der Waals surface area (Å²) in [5.74, 6) is -0.140. The lowest BCUT2D eigenvalue weighted by molar-refractivity contribution is 0.102. The molecule has 2 aliphatic rings. The van der Waals surface area contributed by atoms with Gasteiger partial charge in [-0.1, -0.05) is 12.1 Å². The molecule has 1 saturated carbocycles. The van der Waals surface area contributed by atoms with Crippen LogP contribution in [0.25, 0.3) is 0 Å². The maximum Gasteiger partial charge on any atom is 0.274 e. The van der Waals surface area contributed by atoms with Gasteiger partial charge in [0.05, 0.1) is 12.6 Å². The van der Waals surface area contributed by atoms with E-state index in [2.05, 4.69) is 10.3 Å². The lowest BCUT2D eigenvalue weighted by Gasteiger charge is -2.34. The minimum absolute atomic E-state index is 0.208. The normalized spacial score (nSPS) is 16.8. The van der Waals surface area contributed by atoms with Gasteiger partial charge in [-0.2, -0.15) is 4.31 Å². The summed E-state index contributed by atoms with van der Waals surface area (Å²) in [4.78, 5) is 20.7. The van der Waals surface area contributed by atoms with Gasteiger partial charge in [0.25, 0.3) is 5.91 Å². The first kappa shape index (κ1) is 22.9. The molecule has 1 amide bonds. The average Bonchev–Trinajstić information content (AvgIpc) is 3.64.